The summed E-state index contributed by atoms with van der Waals surface area (Å²) >= 11 is 0. The molecule has 1 atom stereocenters. The Balaban J connectivity index is 2.06. The van der Waals surface area contributed by atoms with E-state index in [1.165, 1.54) is 19.2 Å². The predicted molar refractivity (Wildman–Crippen MR) is 101 cm³/mol. The summed E-state index contributed by atoms with van der Waals surface area (Å²) in [5.74, 6) is -0.110. The lowest BCUT2D eigenvalue weighted by atomic mass is 9.84. The highest BCUT2D eigenvalue weighted by atomic mass is 16.5. The van der Waals surface area contributed by atoms with Gasteiger partial charge in [-0.05, 0) is 24.6 Å². The maximum absolute atomic E-state index is 12.3. The van der Waals surface area contributed by atoms with E-state index in [2.05, 4.69) is 0 Å². The molecule has 2 heterocycles. The summed E-state index contributed by atoms with van der Waals surface area (Å²) in [7, 11) is 3.07. The smallest absolute Gasteiger partial charge is 0.336 e. The van der Waals surface area contributed by atoms with E-state index in [-0.39, 0.29) is 23.5 Å². The van der Waals surface area contributed by atoms with Crippen LogP contribution in [0.15, 0.2) is 39.5 Å². The molecular weight excluding hydrogens is 364 g/mol. The van der Waals surface area contributed by atoms with Crippen molar-refractivity contribution < 1.29 is 28.5 Å². The van der Waals surface area contributed by atoms with Crippen molar-refractivity contribution in [3.05, 3.63) is 57.4 Å². The van der Waals surface area contributed by atoms with E-state index in [0.29, 0.717) is 33.6 Å². The minimum Gasteiger partial charge on any atom is -0.504 e. The van der Waals surface area contributed by atoms with Gasteiger partial charge in [0.05, 0.1) is 26.2 Å². The van der Waals surface area contributed by atoms with Crippen LogP contribution in [0.5, 0.6) is 23.0 Å². The zero-order chi connectivity index (χ0) is 20.0. The van der Waals surface area contributed by atoms with Gasteiger partial charge in [0.25, 0.3) is 0 Å². The van der Waals surface area contributed by atoms with Crippen LogP contribution in [-0.4, -0.2) is 25.3 Å². The van der Waals surface area contributed by atoms with Gasteiger partial charge in [-0.3, -0.25) is 4.79 Å². The zero-order valence-corrected chi connectivity index (χ0v) is 15.6. The first-order chi connectivity index (χ1) is 13.4. The molecule has 0 amide bonds. The topological polar surface area (TPSA) is 95.2 Å². The third-order valence-electron chi connectivity index (χ3n) is 4.96. The Morgan fingerprint density at radius 3 is 2.61 bits per heavy atom. The molecule has 0 spiro atoms. The lowest BCUT2D eigenvalue weighted by Gasteiger charge is -2.27. The average molecular weight is 382 g/mol. The molecule has 1 aliphatic rings. The van der Waals surface area contributed by atoms with E-state index >= 15 is 0 Å². The molecule has 1 aromatic heterocycles. The van der Waals surface area contributed by atoms with Gasteiger partial charge < -0.3 is 23.7 Å². The third-order valence-corrected chi connectivity index (χ3v) is 4.96. The maximum atomic E-state index is 12.3. The van der Waals surface area contributed by atoms with Crippen LogP contribution in [0.2, 0.25) is 0 Å². The van der Waals surface area contributed by atoms with Gasteiger partial charge in [-0.1, -0.05) is 6.07 Å². The van der Waals surface area contributed by atoms with E-state index in [4.69, 9.17) is 18.6 Å². The molecule has 3 aromatic rings. The Labute approximate surface area is 160 Å². The fourth-order valence-corrected chi connectivity index (χ4v) is 3.66. The molecule has 1 aliphatic heterocycles. The molecule has 0 aliphatic carbocycles. The molecule has 7 nitrogen and oxygen atoms in total. The number of aryl methyl sites for hydroxylation is 1. The monoisotopic (exact) mass is 382 g/mol. The van der Waals surface area contributed by atoms with Gasteiger partial charge in [0, 0.05) is 29.0 Å². The SMILES string of the molecule is COc1ccc(C2CC(=O)Oc3c(O)cc4c(C)cc(=O)oc4c32)c(OC)c1. The van der Waals surface area contributed by atoms with Crippen LogP contribution in [0.4, 0.5) is 0 Å². The van der Waals surface area contributed by atoms with Crippen LogP contribution < -0.4 is 19.8 Å². The van der Waals surface area contributed by atoms with Gasteiger partial charge in [0.2, 0.25) is 0 Å². The second-order valence-electron chi connectivity index (χ2n) is 6.60. The van der Waals surface area contributed by atoms with Gasteiger partial charge >= 0.3 is 11.6 Å². The number of ether oxygens (including phenoxy) is 3. The summed E-state index contributed by atoms with van der Waals surface area (Å²) < 4.78 is 21.5. The van der Waals surface area contributed by atoms with Gasteiger partial charge in [-0.2, -0.15) is 0 Å². The van der Waals surface area contributed by atoms with E-state index < -0.39 is 17.5 Å². The minimum absolute atomic E-state index is 0.000344. The molecule has 4 rings (SSSR count). The number of fused-ring (bicyclic) bond motifs is 3. The molecule has 2 aromatic carbocycles. The lowest BCUT2D eigenvalue weighted by Crippen LogP contribution is -2.22. The van der Waals surface area contributed by atoms with Crippen LogP contribution in [0.3, 0.4) is 0 Å². The number of methoxy groups -OCH3 is 2. The standard InChI is InChI=1S/C21H18O7/c1-10-6-17(23)27-20-13(10)8-15(22)21-19(20)14(9-18(24)28-21)12-5-4-11(25-2)7-16(12)26-3/h4-8,14,22H,9H2,1-3H3. The van der Waals surface area contributed by atoms with E-state index in [1.807, 2.05) is 0 Å². The number of carbonyl (C=O) groups is 1. The summed E-state index contributed by atoms with van der Waals surface area (Å²) in [5, 5.41) is 11.1. The molecule has 0 radical (unpaired) electrons. The normalized spacial score (nSPS) is 15.8. The maximum Gasteiger partial charge on any atom is 0.336 e. The number of phenols is 1. The Bertz CT molecular complexity index is 1160. The second-order valence-corrected chi connectivity index (χ2v) is 6.60. The van der Waals surface area contributed by atoms with Crippen molar-refractivity contribution in [3.63, 3.8) is 0 Å². The second kappa shape index (κ2) is 6.60. The summed E-state index contributed by atoms with van der Waals surface area (Å²) in [6.45, 7) is 1.75. The molecule has 1 N–H and O–H groups in total. The Morgan fingerprint density at radius 1 is 1.11 bits per heavy atom. The van der Waals surface area contributed by atoms with Crippen molar-refractivity contribution in [2.45, 2.75) is 19.3 Å². The van der Waals surface area contributed by atoms with Crippen molar-refractivity contribution in [2.75, 3.05) is 14.2 Å². The highest BCUT2D eigenvalue weighted by molar-refractivity contribution is 5.92. The quantitative estimate of drug-likeness (QED) is 0.422. The lowest BCUT2D eigenvalue weighted by molar-refractivity contribution is -0.135. The Morgan fingerprint density at radius 2 is 1.89 bits per heavy atom. The number of rotatable bonds is 3. The third kappa shape index (κ3) is 2.76. The summed E-state index contributed by atoms with van der Waals surface area (Å²) in [6, 6.07) is 8.04. The van der Waals surface area contributed by atoms with Crippen LogP contribution >= 0.6 is 0 Å². The van der Waals surface area contributed by atoms with Crippen molar-refractivity contribution in [3.8, 4) is 23.0 Å². The number of aromatic hydroxyl groups is 1. The van der Waals surface area contributed by atoms with Crippen molar-refractivity contribution >= 4 is 16.9 Å². The molecule has 144 valence electrons. The zero-order valence-electron chi connectivity index (χ0n) is 15.6. The van der Waals surface area contributed by atoms with E-state index in [9.17, 15) is 14.7 Å². The van der Waals surface area contributed by atoms with Crippen molar-refractivity contribution in [2.24, 2.45) is 0 Å². The fourth-order valence-electron chi connectivity index (χ4n) is 3.66. The van der Waals surface area contributed by atoms with Gasteiger partial charge in [-0.25, -0.2) is 4.79 Å². The number of esters is 1. The fraction of sp³-hybridized carbons (Fsp3) is 0.238. The number of phenolic OH excluding ortho intramolecular Hbond substituents is 1. The number of carbonyl (C=O) groups excluding carboxylic acids is 1. The first-order valence-corrected chi connectivity index (χ1v) is 8.65. The minimum atomic E-state index is -0.531. The van der Waals surface area contributed by atoms with Gasteiger partial charge in [-0.15, -0.1) is 0 Å². The summed E-state index contributed by atoms with van der Waals surface area (Å²) in [4.78, 5) is 24.3. The molecule has 0 fully saturated rings. The highest BCUT2D eigenvalue weighted by Crippen LogP contribution is 2.49. The van der Waals surface area contributed by atoms with Crippen LogP contribution in [0.25, 0.3) is 11.0 Å². The molecule has 28 heavy (non-hydrogen) atoms. The molecule has 0 bridgehead atoms. The summed E-state index contributed by atoms with van der Waals surface area (Å²) in [5.41, 5.74) is 1.56. The van der Waals surface area contributed by atoms with E-state index in [1.54, 1.807) is 32.2 Å². The largest absolute Gasteiger partial charge is 0.504 e. The van der Waals surface area contributed by atoms with Crippen molar-refractivity contribution in [1.82, 2.24) is 0 Å². The number of benzene rings is 2. The molecule has 1 unspecified atom stereocenters. The van der Waals surface area contributed by atoms with Crippen molar-refractivity contribution in [1.29, 1.82) is 0 Å². The highest BCUT2D eigenvalue weighted by Gasteiger charge is 2.35. The van der Waals surface area contributed by atoms with Crippen LogP contribution in [0.1, 0.15) is 29.0 Å². The first kappa shape index (κ1) is 17.9. The predicted octanol–water partition coefficient (Wildman–Crippen LogP) is 3.27. The first-order valence-electron chi connectivity index (χ1n) is 8.65. The molecule has 0 saturated carbocycles. The van der Waals surface area contributed by atoms with Crippen LogP contribution in [0, 0.1) is 6.92 Å². The summed E-state index contributed by atoms with van der Waals surface area (Å²) in [6.07, 6.45) is 0.00585. The molecule has 7 heteroatoms. The molecular formula is C21H18O7. The van der Waals surface area contributed by atoms with Crippen LogP contribution in [-0.2, 0) is 4.79 Å². The van der Waals surface area contributed by atoms with E-state index in [0.717, 1.165) is 0 Å². The Hall–Kier alpha value is -3.48. The molecule has 0 saturated heterocycles. The average Bonchev–Trinajstić information content (AvgIpc) is 2.68. The number of hydrogen-bond acceptors (Lipinski definition) is 7. The Kier molecular flexibility index (Phi) is 4.22. The van der Waals surface area contributed by atoms with Gasteiger partial charge in [0.15, 0.2) is 11.5 Å². The number of hydrogen-bond donors (Lipinski definition) is 1. The van der Waals surface area contributed by atoms with Gasteiger partial charge in [0.1, 0.15) is 17.1 Å².